The first-order chi connectivity index (χ1) is 13.0. The molecule has 2 aromatic rings. The van der Waals surface area contributed by atoms with Crippen LogP contribution in [0.15, 0.2) is 85.0 Å². The third-order valence-corrected chi connectivity index (χ3v) is 5.06. The van der Waals surface area contributed by atoms with Crippen LogP contribution in [0.25, 0.3) is 0 Å². The lowest BCUT2D eigenvalue weighted by molar-refractivity contribution is -0.144. The van der Waals surface area contributed by atoms with Gasteiger partial charge in [-0.1, -0.05) is 36.4 Å². The molecule has 0 atom stereocenters. The van der Waals surface area contributed by atoms with Crippen LogP contribution in [0, 0.1) is 0 Å². The summed E-state index contributed by atoms with van der Waals surface area (Å²) >= 11 is 0. The number of amides is 4. The molecular weight excluding hydrogens is 344 g/mol. The number of imide groups is 2. The summed E-state index contributed by atoms with van der Waals surface area (Å²) in [6.07, 6.45) is 4.81. The zero-order valence-corrected chi connectivity index (χ0v) is 14.3. The van der Waals surface area contributed by atoms with Crippen LogP contribution in [-0.2, 0) is 19.2 Å². The van der Waals surface area contributed by atoms with E-state index in [-0.39, 0.29) is 6.67 Å². The number of carbonyl (C=O) groups excluding carboxylic acids is 4. The molecular formula is C21H16N2O4+2. The monoisotopic (exact) mass is 360 g/mol. The molecule has 2 aromatic carbocycles. The zero-order chi connectivity index (χ0) is 19.1. The summed E-state index contributed by atoms with van der Waals surface area (Å²) < 4.78 is -1.48. The fourth-order valence-electron chi connectivity index (χ4n) is 3.65. The fourth-order valence-corrected chi connectivity index (χ4v) is 3.65. The van der Waals surface area contributed by atoms with E-state index >= 15 is 0 Å². The van der Waals surface area contributed by atoms with E-state index in [1.807, 2.05) is 0 Å². The lowest BCUT2D eigenvalue weighted by Crippen LogP contribution is -2.69. The SMILES string of the molecule is O=C1C=CC(=O)[N+]1(C[N+]1(c2ccccc2)C(=O)C=CC1=O)c1ccccc1. The summed E-state index contributed by atoms with van der Waals surface area (Å²) in [7, 11) is 0. The highest BCUT2D eigenvalue weighted by Crippen LogP contribution is 2.36. The topological polar surface area (TPSA) is 68.3 Å². The predicted octanol–water partition coefficient (Wildman–Crippen LogP) is 2.20. The Morgan fingerprint density at radius 2 is 0.778 bits per heavy atom. The van der Waals surface area contributed by atoms with Crippen molar-refractivity contribution in [2.75, 3.05) is 6.67 Å². The van der Waals surface area contributed by atoms with E-state index in [9.17, 15) is 19.2 Å². The van der Waals surface area contributed by atoms with Gasteiger partial charge in [-0.25, -0.2) is 19.2 Å². The molecule has 0 radical (unpaired) electrons. The molecule has 2 aliphatic heterocycles. The normalized spacial score (nSPS) is 19.9. The summed E-state index contributed by atoms with van der Waals surface area (Å²) in [5.41, 5.74) is 0.830. The van der Waals surface area contributed by atoms with Crippen LogP contribution in [0.3, 0.4) is 0 Å². The molecule has 0 aliphatic carbocycles. The molecule has 2 aliphatic rings. The van der Waals surface area contributed by atoms with E-state index in [1.165, 1.54) is 24.3 Å². The van der Waals surface area contributed by atoms with Crippen molar-refractivity contribution in [2.24, 2.45) is 0 Å². The van der Waals surface area contributed by atoms with E-state index in [4.69, 9.17) is 0 Å². The fraction of sp³-hybridized carbons (Fsp3) is 0.0476. The second-order valence-corrected chi connectivity index (χ2v) is 6.45. The Balaban J connectivity index is 1.94. The molecule has 0 fully saturated rings. The van der Waals surface area contributed by atoms with Crippen molar-refractivity contribution in [3.05, 3.63) is 85.0 Å². The number of hydrogen-bond donors (Lipinski definition) is 0. The Morgan fingerprint density at radius 1 is 0.481 bits per heavy atom. The average molecular weight is 360 g/mol. The number of nitrogens with zero attached hydrogens (tertiary/aromatic N) is 2. The molecule has 0 spiro atoms. The molecule has 2 heterocycles. The number of benzene rings is 2. The van der Waals surface area contributed by atoms with Crippen molar-refractivity contribution < 1.29 is 19.2 Å². The first-order valence-electron chi connectivity index (χ1n) is 8.43. The standard InChI is InChI=1S/C21H16N2O4/c24-18-11-12-19(25)22(18,16-7-3-1-4-8-16)15-23(17-9-5-2-6-10-17)20(26)13-14-21(23)27/h1-14H,15H2/q+2. The van der Waals surface area contributed by atoms with Gasteiger partial charge in [0.1, 0.15) is 0 Å². The highest BCUT2D eigenvalue weighted by atomic mass is 16.2. The molecule has 0 aromatic heterocycles. The van der Waals surface area contributed by atoms with Gasteiger partial charge in [0.15, 0.2) is 11.4 Å². The van der Waals surface area contributed by atoms with Gasteiger partial charge in [-0.15, -0.1) is 8.97 Å². The van der Waals surface area contributed by atoms with Gasteiger partial charge in [-0.05, 0) is 0 Å². The summed E-state index contributed by atoms with van der Waals surface area (Å²) in [4.78, 5) is 51.6. The minimum absolute atomic E-state index is 0.344. The molecule has 4 amide bonds. The Bertz CT molecular complexity index is 903. The third-order valence-electron chi connectivity index (χ3n) is 5.06. The van der Waals surface area contributed by atoms with Crippen LogP contribution in [-0.4, -0.2) is 30.3 Å². The smallest absolute Gasteiger partial charge is 0.225 e. The van der Waals surface area contributed by atoms with Gasteiger partial charge in [-0.2, -0.15) is 0 Å². The van der Waals surface area contributed by atoms with Gasteiger partial charge in [0, 0.05) is 24.3 Å². The van der Waals surface area contributed by atoms with Crippen LogP contribution in [0.4, 0.5) is 11.4 Å². The van der Waals surface area contributed by atoms with Gasteiger partial charge < -0.3 is 0 Å². The molecule has 0 saturated carbocycles. The predicted molar refractivity (Wildman–Crippen MR) is 99.6 cm³/mol. The lowest BCUT2D eigenvalue weighted by atomic mass is 10.2. The van der Waals surface area contributed by atoms with E-state index in [2.05, 4.69) is 0 Å². The van der Waals surface area contributed by atoms with E-state index in [1.54, 1.807) is 60.7 Å². The number of carbonyl (C=O) groups is 4. The van der Waals surface area contributed by atoms with Gasteiger partial charge >= 0.3 is 23.6 Å². The summed E-state index contributed by atoms with van der Waals surface area (Å²) in [5, 5.41) is 0. The Hall–Kier alpha value is -3.48. The Morgan fingerprint density at radius 3 is 1.07 bits per heavy atom. The van der Waals surface area contributed by atoms with Crippen LogP contribution in [0.5, 0.6) is 0 Å². The maximum absolute atomic E-state index is 12.9. The maximum atomic E-state index is 12.9. The first-order valence-corrected chi connectivity index (χ1v) is 8.43. The zero-order valence-electron chi connectivity index (χ0n) is 14.3. The van der Waals surface area contributed by atoms with Gasteiger partial charge in [0.25, 0.3) is 0 Å². The molecule has 6 heteroatoms. The van der Waals surface area contributed by atoms with Crippen molar-refractivity contribution in [3.63, 3.8) is 0 Å². The van der Waals surface area contributed by atoms with Crippen molar-refractivity contribution in [3.8, 4) is 0 Å². The van der Waals surface area contributed by atoms with Gasteiger partial charge in [-0.3, -0.25) is 0 Å². The Kier molecular flexibility index (Phi) is 3.80. The van der Waals surface area contributed by atoms with Crippen molar-refractivity contribution in [1.29, 1.82) is 0 Å². The number of quaternary nitrogens is 2. The number of para-hydroxylation sites is 2. The van der Waals surface area contributed by atoms with Crippen LogP contribution in [0.1, 0.15) is 0 Å². The van der Waals surface area contributed by atoms with Gasteiger partial charge in [0.05, 0.1) is 24.3 Å². The first kappa shape index (κ1) is 17.0. The van der Waals surface area contributed by atoms with Crippen LogP contribution < -0.4 is 8.97 Å². The molecule has 4 rings (SSSR count). The molecule has 132 valence electrons. The van der Waals surface area contributed by atoms with Gasteiger partial charge in [0.2, 0.25) is 6.67 Å². The molecule has 6 nitrogen and oxygen atoms in total. The number of hydrogen-bond acceptors (Lipinski definition) is 4. The largest absolute Gasteiger partial charge is 0.356 e. The summed E-state index contributed by atoms with van der Waals surface area (Å²) in [6.45, 7) is -0.344. The summed E-state index contributed by atoms with van der Waals surface area (Å²) in [6, 6.07) is 17.0. The van der Waals surface area contributed by atoms with E-state index in [0.29, 0.717) is 11.4 Å². The van der Waals surface area contributed by atoms with Crippen molar-refractivity contribution >= 4 is 35.0 Å². The highest BCUT2D eigenvalue weighted by Gasteiger charge is 2.61. The second-order valence-electron chi connectivity index (χ2n) is 6.45. The minimum Gasteiger partial charge on any atom is -0.225 e. The lowest BCUT2D eigenvalue weighted by Gasteiger charge is -2.35. The van der Waals surface area contributed by atoms with E-state index < -0.39 is 32.6 Å². The molecule has 27 heavy (non-hydrogen) atoms. The number of rotatable bonds is 4. The molecule has 0 N–H and O–H groups in total. The average Bonchev–Trinajstić information content (AvgIpc) is 3.15. The highest BCUT2D eigenvalue weighted by molar-refractivity contribution is 6.27. The third kappa shape index (κ3) is 2.28. The maximum Gasteiger partial charge on any atom is 0.356 e. The van der Waals surface area contributed by atoms with Crippen LogP contribution in [0.2, 0.25) is 0 Å². The van der Waals surface area contributed by atoms with Crippen molar-refractivity contribution in [2.45, 2.75) is 0 Å². The summed E-state index contributed by atoms with van der Waals surface area (Å²) in [5.74, 6) is -1.92. The van der Waals surface area contributed by atoms with E-state index in [0.717, 1.165) is 0 Å². The van der Waals surface area contributed by atoms with Crippen LogP contribution >= 0.6 is 0 Å². The second kappa shape index (κ2) is 6.05. The Labute approximate surface area is 155 Å². The van der Waals surface area contributed by atoms with Crippen molar-refractivity contribution in [1.82, 2.24) is 8.97 Å². The molecule has 0 saturated heterocycles. The molecule has 0 bridgehead atoms. The quantitative estimate of drug-likeness (QED) is 0.619. The molecule has 0 unspecified atom stereocenters. The minimum atomic E-state index is -0.741.